The summed E-state index contributed by atoms with van der Waals surface area (Å²) >= 11 is 0. The molecule has 0 aliphatic heterocycles. The van der Waals surface area contributed by atoms with Gasteiger partial charge in [0.15, 0.2) is 0 Å². The van der Waals surface area contributed by atoms with E-state index in [4.69, 9.17) is 71.4 Å². The molecule has 0 rings (SSSR count). The van der Waals surface area contributed by atoms with Gasteiger partial charge in [0.05, 0.1) is 178 Å². The average Bonchev–Trinajstić information content (AvgIpc) is 3.09. The second kappa shape index (κ2) is 40.4. The standard InChI is InChI=1S/C34H67NO17/c1-34(2,3)52-33(38)35-5-7-40-9-11-42-13-15-44-17-19-46-21-23-48-25-27-50-29-31-51-30-28-49-26-24-47-22-20-45-18-16-43-14-12-41-10-8-39-6-4-32(36)37/h4-31H2,1-3H3,(H,35,38)(H,36,37). The van der Waals surface area contributed by atoms with Crippen LogP contribution in [0.25, 0.3) is 0 Å². The molecule has 0 saturated heterocycles. The quantitative estimate of drug-likeness (QED) is 0.0842. The minimum absolute atomic E-state index is 0.00698. The van der Waals surface area contributed by atoms with Crippen LogP contribution in [0.15, 0.2) is 0 Å². The number of carbonyl (C=O) groups excluding carboxylic acids is 1. The minimum atomic E-state index is -0.878. The number of amides is 1. The van der Waals surface area contributed by atoms with E-state index in [0.717, 1.165) is 0 Å². The molecular formula is C34H67NO17. The van der Waals surface area contributed by atoms with Crippen molar-refractivity contribution in [1.82, 2.24) is 5.32 Å². The van der Waals surface area contributed by atoms with Crippen LogP contribution in [0.5, 0.6) is 0 Å². The number of hydrogen-bond donors (Lipinski definition) is 2. The van der Waals surface area contributed by atoms with Crippen molar-refractivity contribution in [3.8, 4) is 0 Å². The van der Waals surface area contributed by atoms with E-state index in [1.165, 1.54) is 0 Å². The van der Waals surface area contributed by atoms with E-state index in [0.29, 0.717) is 172 Å². The largest absolute Gasteiger partial charge is 0.481 e. The van der Waals surface area contributed by atoms with E-state index in [2.05, 4.69) is 5.32 Å². The van der Waals surface area contributed by atoms with Crippen molar-refractivity contribution in [2.45, 2.75) is 32.8 Å². The lowest BCUT2D eigenvalue weighted by molar-refractivity contribution is -0.138. The summed E-state index contributed by atoms with van der Waals surface area (Å²) in [5.41, 5.74) is -0.517. The molecule has 18 nitrogen and oxygen atoms in total. The van der Waals surface area contributed by atoms with Gasteiger partial charge in [0.25, 0.3) is 0 Å². The maximum absolute atomic E-state index is 11.5. The monoisotopic (exact) mass is 761 g/mol. The molecule has 0 aromatic carbocycles. The van der Waals surface area contributed by atoms with Crippen molar-refractivity contribution in [3.05, 3.63) is 0 Å². The van der Waals surface area contributed by atoms with Gasteiger partial charge < -0.3 is 76.7 Å². The first-order valence-corrected chi connectivity index (χ1v) is 18.0. The van der Waals surface area contributed by atoms with Crippen LogP contribution in [-0.2, 0) is 71.1 Å². The Balaban J connectivity index is 3.10. The Morgan fingerprint density at radius 1 is 0.385 bits per heavy atom. The summed E-state index contributed by atoms with van der Waals surface area (Å²) in [4.78, 5) is 21.8. The summed E-state index contributed by atoms with van der Waals surface area (Å²) < 4.78 is 75.5. The number of aliphatic carboxylic acids is 1. The van der Waals surface area contributed by atoms with Crippen LogP contribution in [-0.4, -0.2) is 201 Å². The van der Waals surface area contributed by atoms with Gasteiger partial charge in [-0.15, -0.1) is 0 Å². The Morgan fingerprint density at radius 2 is 0.596 bits per heavy atom. The van der Waals surface area contributed by atoms with Crippen molar-refractivity contribution in [2.75, 3.05) is 178 Å². The molecule has 52 heavy (non-hydrogen) atoms. The molecular weight excluding hydrogens is 694 g/mol. The molecule has 0 radical (unpaired) electrons. The third-order valence-corrected chi connectivity index (χ3v) is 5.84. The normalized spacial score (nSPS) is 11.7. The number of alkyl carbamates (subject to hydrolysis) is 1. The third-order valence-electron chi connectivity index (χ3n) is 5.84. The Hall–Kier alpha value is -1.78. The molecule has 0 unspecified atom stereocenters. The van der Waals surface area contributed by atoms with Gasteiger partial charge in [0.1, 0.15) is 5.60 Å². The number of ether oxygens (including phenoxy) is 14. The Kier molecular flexibility index (Phi) is 39.0. The highest BCUT2D eigenvalue weighted by Crippen LogP contribution is 2.06. The fraction of sp³-hybridized carbons (Fsp3) is 0.941. The first-order valence-electron chi connectivity index (χ1n) is 18.0. The fourth-order valence-corrected chi connectivity index (χ4v) is 3.44. The van der Waals surface area contributed by atoms with Gasteiger partial charge in [-0.1, -0.05) is 0 Å². The van der Waals surface area contributed by atoms with Crippen LogP contribution in [0.1, 0.15) is 27.2 Å². The van der Waals surface area contributed by atoms with Crippen molar-refractivity contribution in [1.29, 1.82) is 0 Å². The van der Waals surface area contributed by atoms with E-state index in [1.54, 1.807) is 0 Å². The Morgan fingerprint density at radius 3 is 0.808 bits per heavy atom. The smallest absolute Gasteiger partial charge is 0.407 e. The zero-order valence-corrected chi connectivity index (χ0v) is 31.8. The van der Waals surface area contributed by atoms with E-state index >= 15 is 0 Å². The maximum atomic E-state index is 11.5. The van der Waals surface area contributed by atoms with Gasteiger partial charge in [-0.2, -0.15) is 0 Å². The van der Waals surface area contributed by atoms with Gasteiger partial charge in [0.2, 0.25) is 0 Å². The first-order chi connectivity index (χ1) is 25.3. The zero-order valence-electron chi connectivity index (χ0n) is 31.8. The molecule has 18 heteroatoms. The summed E-state index contributed by atoms with van der Waals surface area (Å²) in [6.07, 6.45) is -0.464. The molecule has 0 bridgehead atoms. The molecule has 0 aromatic rings. The van der Waals surface area contributed by atoms with Crippen LogP contribution in [0, 0.1) is 0 Å². The van der Waals surface area contributed by atoms with Crippen molar-refractivity contribution >= 4 is 12.1 Å². The van der Waals surface area contributed by atoms with Gasteiger partial charge >= 0.3 is 12.1 Å². The molecule has 0 spiro atoms. The number of rotatable bonds is 42. The highest BCUT2D eigenvalue weighted by Gasteiger charge is 2.15. The third kappa shape index (κ3) is 46.2. The summed E-state index contributed by atoms with van der Waals surface area (Å²) in [6, 6.07) is 0. The Labute approximate surface area is 309 Å². The van der Waals surface area contributed by atoms with Crippen molar-refractivity contribution in [2.24, 2.45) is 0 Å². The van der Waals surface area contributed by atoms with E-state index < -0.39 is 17.7 Å². The topological polar surface area (TPSA) is 196 Å². The summed E-state index contributed by atoms with van der Waals surface area (Å²) in [7, 11) is 0. The van der Waals surface area contributed by atoms with Gasteiger partial charge in [-0.05, 0) is 20.8 Å². The lowest BCUT2D eigenvalue weighted by Crippen LogP contribution is -2.34. The highest BCUT2D eigenvalue weighted by molar-refractivity contribution is 5.67. The van der Waals surface area contributed by atoms with Gasteiger partial charge in [0, 0.05) is 6.54 Å². The van der Waals surface area contributed by atoms with Crippen LogP contribution in [0.2, 0.25) is 0 Å². The fourth-order valence-electron chi connectivity index (χ4n) is 3.44. The number of hydrogen-bond acceptors (Lipinski definition) is 16. The van der Waals surface area contributed by atoms with E-state index in [1.807, 2.05) is 20.8 Å². The molecule has 310 valence electrons. The number of carboxylic acid groups (broad SMARTS) is 1. The maximum Gasteiger partial charge on any atom is 0.407 e. The summed E-state index contributed by atoms with van der Waals surface area (Å²) in [5.74, 6) is -0.878. The lowest BCUT2D eigenvalue weighted by atomic mass is 10.2. The lowest BCUT2D eigenvalue weighted by Gasteiger charge is -2.19. The SMILES string of the molecule is CC(C)(C)OC(=O)NCCOCCOCCOCCOCCOCCOCCOCCOCCOCCOCCOCCOCCOCCC(=O)O. The van der Waals surface area contributed by atoms with Crippen LogP contribution in [0.3, 0.4) is 0 Å². The van der Waals surface area contributed by atoms with Crippen LogP contribution in [0.4, 0.5) is 4.79 Å². The number of nitrogens with one attached hydrogen (secondary N) is 1. The molecule has 0 aromatic heterocycles. The molecule has 0 fully saturated rings. The van der Waals surface area contributed by atoms with E-state index in [9.17, 15) is 9.59 Å². The molecule has 0 heterocycles. The first kappa shape index (κ1) is 50.2. The minimum Gasteiger partial charge on any atom is -0.481 e. The number of carboxylic acids is 1. The second-order valence-electron chi connectivity index (χ2n) is 11.5. The predicted molar refractivity (Wildman–Crippen MR) is 187 cm³/mol. The van der Waals surface area contributed by atoms with Crippen molar-refractivity contribution < 1.29 is 81.0 Å². The molecule has 0 atom stereocenters. The molecule has 0 saturated carbocycles. The molecule has 1 amide bonds. The molecule has 2 N–H and O–H groups in total. The van der Waals surface area contributed by atoms with Gasteiger partial charge in [-0.25, -0.2) is 4.79 Å². The average molecular weight is 762 g/mol. The summed E-state index contributed by atoms with van der Waals surface area (Å²) in [6.45, 7) is 17.5. The van der Waals surface area contributed by atoms with Crippen molar-refractivity contribution in [3.63, 3.8) is 0 Å². The zero-order chi connectivity index (χ0) is 38.1. The Bertz CT molecular complexity index is 760. The second-order valence-corrected chi connectivity index (χ2v) is 11.5. The predicted octanol–water partition coefficient (Wildman–Crippen LogP) is 1.20. The highest BCUT2D eigenvalue weighted by atomic mass is 16.6. The molecule has 0 aliphatic carbocycles. The van der Waals surface area contributed by atoms with Gasteiger partial charge in [-0.3, -0.25) is 4.79 Å². The van der Waals surface area contributed by atoms with Crippen LogP contribution < -0.4 is 5.32 Å². The van der Waals surface area contributed by atoms with Crippen LogP contribution >= 0.6 is 0 Å². The summed E-state index contributed by atoms with van der Waals surface area (Å²) in [5, 5.41) is 11.1. The van der Waals surface area contributed by atoms with E-state index in [-0.39, 0.29) is 13.0 Å². The molecule has 0 aliphatic rings. The number of carbonyl (C=O) groups is 2.